The summed E-state index contributed by atoms with van der Waals surface area (Å²) in [5.41, 5.74) is 1.80. The van der Waals surface area contributed by atoms with Gasteiger partial charge in [-0.25, -0.2) is 4.39 Å². The molecule has 0 bridgehead atoms. The number of carbonyl (C=O) groups excluding carboxylic acids is 1. The molecule has 2 aromatic carbocycles. The van der Waals surface area contributed by atoms with Gasteiger partial charge in [0, 0.05) is 17.0 Å². The van der Waals surface area contributed by atoms with Crippen molar-refractivity contribution < 1.29 is 13.9 Å². The molecule has 0 atom stereocenters. The first-order valence-corrected chi connectivity index (χ1v) is 6.28. The van der Waals surface area contributed by atoms with Gasteiger partial charge < -0.3 is 4.74 Å². The summed E-state index contributed by atoms with van der Waals surface area (Å²) in [5.74, 6) is 0.0171. The number of fused-ring (bicyclic) bond motifs is 1. The maximum absolute atomic E-state index is 12.9. The first kappa shape index (κ1) is 12.2. The van der Waals surface area contributed by atoms with E-state index in [1.807, 2.05) is 6.07 Å². The van der Waals surface area contributed by atoms with E-state index in [-0.39, 0.29) is 11.6 Å². The van der Waals surface area contributed by atoms with Crippen LogP contribution >= 0.6 is 11.6 Å². The molecule has 0 N–H and O–H groups in total. The molecule has 0 radical (unpaired) electrons. The summed E-state index contributed by atoms with van der Waals surface area (Å²) in [6.45, 7) is 0.555. The Bertz CT molecular complexity index is 650. The van der Waals surface area contributed by atoms with Gasteiger partial charge in [-0.1, -0.05) is 11.6 Å². The van der Waals surface area contributed by atoms with Crippen LogP contribution in [0.3, 0.4) is 0 Å². The van der Waals surface area contributed by atoms with Crippen LogP contribution in [0.5, 0.6) is 5.75 Å². The van der Waals surface area contributed by atoms with Crippen molar-refractivity contribution in [2.75, 3.05) is 6.61 Å². The number of halogens is 2. The lowest BCUT2D eigenvalue weighted by molar-refractivity contribution is 0.103. The Morgan fingerprint density at radius 3 is 2.68 bits per heavy atom. The van der Waals surface area contributed by atoms with Gasteiger partial charge in [-0.2, -0.15) is 0 Å². The minimum absolute atomic E-state index is 0.208. The molecule has 0 aliphatic carbocycles. The van der Waals surface area contributed by atoms with Crippen LogP contribution in [0.25, 0.3) is 0 Å². The molecule has 2 nitrogen and oxygen atoms in total. The maximum Gasteiger partial charge on any atom is 0.196 e. The Labute approximate surface area is 114 Å². The van der Waals surface area contributed by atoms with Gasteiger partial charge in [-0.05, 0) is 42.0 Å². The highest BCUT2D eigenvalue weighted by Gasteiger charge is 2.22. The van der Waals surface area contributed by atoms with Crippen molar-refractivity contribution >= 4 is 17.4 Å². The van der Waals surface area contributed by atoms with Crippen molar-refractivity contribution in [3.05, 3.63) is 63.9 Å². The molecular formula is C15H10ClFO2. The van der Waals surface area contributed by atoms with E-state index in [1.54, 1.807) is 6.07 Å². The van der Waals surface area contributed by atoms with Gasteiger partial charge in [-0.3, -0.25) is 4.79 Å². The van der Waals surface area contributed by atoms with Gasteiger partial charge in [0.25, 0.3) is 0 Å². The molecule has 0 saturated heterocycles. The number of hydrogen-bond acceptors (Lipinski definition) is 2. The molecule has 4 heteroatoms. The molecule has 1 aliphatic heterocycles. The molecule has 0 aromatic heterocycles. The highest BCUT2D eigenvalue weighted by molar-refractivity contribution is 6.31. The van der Waals surface area contributed by atoms with Crippen LogP contribution in [0.1, 0.15) is 21.5 Å². The number of ether oxygens (including phenoxy) is 1. The van der Waals surface area contributed by atoms with E-state index in [0.29, 0.717) is 28.5 Å². The molecule has 0 fully saturated rings. The lowest BCUT2D eigenvalue weighted by Crippen LogP contribution is -2.04. The van der Waals surface area contributed by atoms with E-state index < -0.39 is 0 Å². The topological polar surface area (TPSA) is 26.3 Å². The first-order chi connectivity index (χ1) is 9.15. The molecule has 96 valence electrons. The first-order valence-electron chi connectivity index (χ1n) is 5.90. The highest BCUT2D eigenvalue weighted by Crippen LogP contribution is 2.34. The SMILES string of the molecule is O=C(c1ccc(F)cc1)c1cc(Cl)cc2c1OCC2. The van der Waals surface area contributed by atoms with Crippen LogP contribution in [0, 0.1) is 5.82 Å². The predicted molar refractivity (Wildman–Crippen MR) is 70.5 cm³/mol. The molecule has 0 amide bonds. The summed E-state index contributed by atoms with van der Waals surface area (Å²) in [5, 5.41) is 0.509. The van der Waals surface area contributed by atoms with Crippen molar-refractivity contribution in [1.82, 2.24) is 0 Å². The van der Waals surface area contributed by atoms with Gasteiger partial charge >= 0.3 is 0 Å². The van der Waals surface area contributed by atoms with Gasteiger partial charge in [-0.15, -0.1) is 0 Å². The second kappa shape index (κ2) is 4.67. The van der Waals surface area contributed by atoms with Gasteiger partial charge in [0.2, 0.25) is 0 Å². The van der Waals surface area contributed by atoms with Crippen molar-refractivity contribution in [1.29, 1.82) is 0 Å². The van der Waals surface area contributed by atoms with Crippen LogP contribution in [-0.4, -0.2) is 12.4 Å². The summed E-state index contributed by atoms with van der Waals surface area (Å²) in [6.07, 6.45) is 0.750. The summed E-state index contributed by atoms with van der Waals surface area (Å²) in [7, 11) is 0. The van der Waals surface area contributed by atoms with Gasteiger partial charge in [0.15, 0.2) is 5.78 Å². The lowest BCUT2D eigenvalue weighted by Gasteiger charge is -2.08. The normalized spacial score (nSPS) is 12.9. The van der Waals surface area contributed by atoms with Crippen molar-refractivity contribution in [3.63, 3.8) is 0 Å². The van der Waals surface area contributed by atoms with Crippen LogP contribution in [0.2, 0.25) is 5.02 Å². The zero-order chi connectivity index (χ0) is 13.4. The van der Waals surface area contributed by atoms with E-state index in [4.69, 9.17) is 16.3 Å². The second-order valence-electron chi connectivity index (χ2n) is 4.38. The molecule has 1 heterocycles. The van der Waals surface area contributed by atoms with Crippen LogP contribution in [0.4, 0.5) is 4.39 Å². The lowest BCUT2D eigenvalue weighted by atomic mass is 10.00. The largest absolute Gasteiger partial charge is 0.492 e. The number of hydrogen-bond donors (Lipinski definition) is 0. The van der Waals surface area contributed by atoms with Crippen molar-refractivity contribution in [2.45, 2.75) is 6.42 Å². The third-order valence-electron chi connectivity index (χ3n) is 3.10. The minimum atomic E-state index is -0.371. The molecule has 1 aliphatic rings. The Kier molecular flexibility index (Phi) is 2.99. The Morgan fingerprint density at radius 1 is 1.21 bits per heavy atom. The third-order valence-corrected chi connectivity index (χ3v) is 3.32. The Morgan fingerprint density at radius 2 is 1.95 bits per heavy atom. The number of carbonyl (C=O) groups is 1. The smallest absolute Gasteiger partial charge is 0.196 e. The van der Waals surface area contributed by atoms with Crippen LogP contribution < -0.4 is 4.74 Å². The average molecular weight is 277 g/mol. The van der Waals surface area contributed by atoms with E-state index in [0.717, 1.165) is 12.0 Å². The fourth-order valence-electron chi connectivity index (χ4n) is 2.19. The fourth-order valence-corrected chi connectivity index (χ4v) is 2.44. The number of rotatable bonds is 2. The Hall–Kier alpha value is -1.87. The molecule has 19 heavy (non-hydrogen) atoms. The van der Waals surface area contributed by atoms with E-state index >= 15 is 0 Å². The fraction of sp³-hybridized carbons (Fsp3) is 0.133. The zero-order valence-electron chi connectivity index (χ0n) is 9.95. The predicted octanol–water partition coefficient (Wildman–Crippen LogP) is 3.65. The van der Waals surface area contributed by atoms with E-state index in [9.17, 15) is 9.18 Å². The summed E-state index contributed by atoms with van der Waals surface area (Å²) in [4.78, 5) is 12.4. The average Bonchev–Trinajstić information content (AvgIpc) is 2.85. The van der Waals surface area contributed by atoms with E-state index in [1.165, 1.54) is 24.3 Å². The Balaban J connectivity index is 2.07. The van der Waals surface area contributed by atoms with Gasteiger partial charge in [0.1, 0.15) is 11.6 Å². The van der Waals surface area contributed by atoms with Crippen LogP contribution in [0.15, 0.2) is 36.4 Å². The maximum atomic E-state index is 12.9. The second-order valence-corrected chi connectivity index (χ2v) is 4.81. The molecule has 2 aromatic rings. The van der Waals surface area contributed by atoms with Crippen LogP contribution in [-0.2, 0) is 6.42 Å². The molecular weight excluding hydrogens is 267 g/mol. The molecule has 0 saturated carbocycles. The minimum Gasteiger partial charge on any atom is -0.492 e. The number of ketones is 1. The summed E-state index contributed by atoms with van der Waals surface area (Å²) in [6, 6.07) is 8.85. The number of benzene rings is 2. The zero-order valence-corrected chi connectivity index (χ0v) is 10.7. The molecule has 0 unspecified atom stereocenters. The quantitative estimate of drug-likeness (QED) is 0.783. The summed E-state index contributed by atoms with van der Waals surface area (Å²) < 4.78 is 18.4. The van der Waals surface area contributed by atoms with Crippen molar-refractivity contribution in [2.24, 2.45) is 0 Å². The summed E-state index contributed by atoms with van der Waals surface area (Å²) >= 11 is 6.02. The molecule has 3 rings (SSSR count). The third kappa shape index (κ3) is 2.22. The standard InChI is InChI=1S/C15H10ClFO2/c16-11-7-10-5-6-19-15(10)13(8-11)14(18)9-1-3-12(17)4-2-9/h1-4,7-8H,5-6H2. The van der Waals surface area contributed by atoms with E-state index in [2.05, 4.69) is 0 Å². The monoisotopic (exact) mass is 276 g/mol. The van der Waals surface area contributed by atoms with Crippen molar-refractivity contribution in [3.8, 4) is 5.75 Å². The highest BCUT2D eigenvalue weighted by atomic mass is 35.5. The molecule has 0 spiro atoms. The van der Waals surface area contributed by atoms with Gasteiger partial charge in [0.05, 0.1) is 12.2 Å².